The molecule has 0 aromatic heterocycles. The smallest absolute Gasteiger partial charge is 0.132 e. The number of rotatable bonds is 5. The minimum atomic E-state index is 0.266. The largest absolute Gasteiger partial charge is 0.497 e. The molecule has 0 fully saturated rings. The standard InChI is InChI=1S/C12H15ClO2/c1-3-10(14)6-4-9-5-7-11(15-2)8-12(9)13/h5,7-8H,3-4,6H2,1-2H3. The number of Topliss-reactive ketones (excluding diaryl/α,β-unsaturated/α-hetero) is 1. The second-order valence-corrected chi connectivity index (χ2v) is 3.76. The number of ether oxygens (including phenoxy) is 1. The summed E-state index contributed by atoms with van der Waals surface area (Å²) in [5, 5.41) is 0.665. The van der Waals surface area contributed by atoms with E-state index in [1.807, 2.05) is 19.1 Å². The van der Waals surface area contributed by atoms with Crippen LogP contribution in [-0.2, 0) is 11.2 Å². The van der Waals surface area contributed by atoms with Crippen LogP contribution in [0.2, 0.25) is 5.02 Å². The van der Waals surface area contributed by atoms with Crippen LogP contribution in [0, 0.1) is 0 Å². The van der Waals surface area contributed by atoms with Crippen LogP contribution in [0.1, 0.15) is 25.3 Å². The lowest BCUT2D eigenvalue weighted by Crippen LogP contribution is -1.98. The molecular formula is C12H15ClO2. The van der Waals surface area contributed by atoms with Gasteiger partial charge in [0, 0.05) is 17.9 Å². The Kier molecular flexibility index (Phi) is 4.63. The molecule has 0 radical (unpaired) electrons. The molecule has 15 heavy (non-hydrogen) atoms. The Labute approximate surface area is 95.2 Å². The summed E-state index contributed by atoms with van der Waals surface area (Å²) in [6.45, 7) is 1.87. The van der Waals surface area contributed by atoms with Gasteiger partial charge in [0.15, 0.2) is 0 Å². The molecule has 0 unspecified atom stereocenters. The highest BCUT2D eigenvalue weighted by Crippen LogP contribution is 2.23. The molecule has 0 aliphatic rings. The van der Waals surface area contributed by atoms with Gasteiger partial charge < -0.3 is 4.74 Å². The zero-order chi connectivity index (χ0) is 11.3. The summed E-state index contributed by atoms with van der Waals surface area (Å²) in [6, 6.07) is 5.54. The molecule has 0 saturated carbocycles. The first-order valence-corrected chi connectivity index (χ1v) is 5.39. The first-order chi connectivity index (χ1) is 7.17. The molecule has 0 aliphatic carbocycles. The lowest BCUT2D eigenvalue weighted by molar-refractivity contribution is -0.118. The number of carbonyl (C=O) groups excluding carboxylic acids is 1. The SMILES string of the molecule is CCC(=O)CCc1ccc(OC)cc1Cl. The maximum atomic E-state index is 11.2. The molecule has 1 aromatic carbocycles. The van der Waals surface area contributed by atoms with Crippen molar-refractivity contribution in [2.24, 2.45) is 0 Å². The predicted molar refractivity (Wildman–Crippen MR) is 61.6 cm³/mol. The van der Waals surface area contributed by atoms with Gasteiger partial charge in [-0.1, -0.05) is 24.6 Å². The van der Waals surface area contributed by atoms with Gasteiger partial charge in [-0.05, 0) is 24.1 Å². The second-order valence-electron chi connectivity index (χ2n) is 3.35. The van der Waals surface area contributed by atoms with Gasteiger partial charge in [-0.15, -0.1) is 0 Å². The molecule has 0 bridgehead atoms. The molecule has 1 aromatic rings. The Morgan fingerprint density at radius 2 is 2.20 bits per heavy atom. The molecule has 1 rings (SSSR count). The second kappa shape index (κ2) is 5.76. The van der Waals surface area contributed by atoms with Crippen LogP contribution in [-0.4, -0.2) is 12.9 Å². The monoisotopic (exact) mass is 226 g/mol. The number of ketones is 1. The lowest BCUT2D eigenvalue weighted by atomic mass is 10.1. The number of carbonyl (C=O) groups is 1. The third-order valence-corrected chi connectivity index (χ3v) is 2.68. The summed E-state index contributed by atoms with van der Waals surface area (Å²) >= 11 is 6.04. The van der Waals surface area contributed by atoms with Gasteiger partial charge in [0.2, 0.25) is 0 Å². The average Bonchev–Trinajstić information content (AvgIpc) is 2.26. The van der Waals surface area contributed by atoms with E-state index in [2.05, 4.69) is 0 Å². The molecule has 0 atom stereocenters. The molecule has 2 nitrogen and oxygen atoms in total. The zero-order valence-corrected chi connectivity index (χ0v) is 9.80. The van der Waals surface area contributed by atoms with E-state index in [-0.39, 0.29) is 5.78 Å². The summed E-state index contributed by atoms with van der Waals surface area (Å²) in [7, 11) is 1.60. The highest BCUT2D eigenvalue weighted by Gasteiger charge is 2.04. The number of hydrogen-bond acceptors (Lipinski definition) is 2. The van der Waals surface area contributed by atoms with Crippen molar-refractivity contribution in [3.05, 3.63) is 28.8 Å². The number of benzene rings is 1. The molecule has 0 spiro atoms. The Morgan fingerprint density at radius 3 is 2.73 bits per heavy atom. The van der Waals surface area contributed by atoms with Crippen LogP contribution in [0.4, 0.5) is 0 Å². The molecule has 82 valence electrons. The Hall–Kier alpha value is -1.02. The zero-order valence-electron chi connectivity index (χ0n) is 9.05. The topological polar surface area (TPSA) is 26.3 Å². The van der Waals surface area contributed by atoms with Crippen LogP contribution >= 0.6 is 11.6 Å². The van der Waals surface area contributed by atoms with Crippen molar-refractivity contribution in [1.82, 2.24) is 0 Å². The first kappa shape index (κ1) is 12.1. The Bertz CT molecular complexity index is 347. The van der Waals surface area contributed by atoms with E-state index < -0.39 is 0 Å². The third kappa shape index (κ3) is 3.56. The van der Waals surface area contributed by atoms with Crippen LogP contribution in [0.5, 0.6) is 5.75 Å². The maximum Gasteiger partial charge on any atom is 0.132 e. The first-order valence-electron chi connectivity index (χ1n) is 5.01. The maximum absolute atomic E-state index is 11.2. The van der Waals surface area contributed by atoms with E-state index in [0.29, 0.717) is 24.3 Å². The van der Waals surface area contributed by atoms with Gasteiger partial charge in [-0.2, -0.15) is 0 Å². The van der Waals surface area contributed by atoms with Crippen molar-refractivity contribution in [2.45, 2.75) is 26.2 Å². The van der Waals surface area contributed by atoms with Gasteiger partial charge in [0.05, 0.1) is 7.11 Å². The van der Waals surface area contributed by atoms with E-state index in [1.165, 1.54) is 0 Å². The van der Waals surface area contributed by atoms with Crippen molar-refractivity contribution >= 4 is 17.4 Å². The summed E-state index contributed by atoms with van der Waals surface area (Å²) in [5.41, 5.74) is 0.999. The molecule has 0 heterocycles. The fraction of sp³-hybridized carbons (Fsp3) is 0.417. The number of hydrogen-bond donors (Lipinski definition) is 0. The highest BCUT2D eigenvalue weighted by molar-refractivity contribution is 6.31. The lowest BCUT2D eigenvalue weighted by Gasteiger charge is -2.05. The number of aryl methyl sites for hydroxylation is 1. The van der Waals surface area contributed by atoms with Crippen LogP contribution in [0.3, 0.4) is 0 Å². The van der Waals surface area contributed by atoms with Crippen molar-refractivity contribution in [1.29, 1.82) is 0 Å². The minimum Gasteiger partial charge on any atom is -0.497 e. The third-order valence-electron chi connectivity index (χ3n) is 2.33. The fourth-order valence-corrected chi connectivity index (χ4v) is 1.57. The molecule has 0 aliphatic heterocycles. The molecule has 0 amide bonds. The van der Waals surface area contributed by atoms with Crippen LogP contribution < -0.4 is 4.74 Å². The molecule has 3 heteroatoms. The summed E-state index contributed by atoms with van der Waals surface area (Å²) < 4.78 is 5.05. The van der Waals surface area contributed by atoms with Gasteiger partial charge in [-0.25, -0.2) is 0 Å². The Morgan fingerprint density at radius 1 is 1.47 bits per heavy atom. The Balaban J connectivity index is 2.66. The van der Waals surface area contributed by atoms with Crippen molar-refractivity contribution in [3.63, 3.8) is 0 Å². The molecule has 0 saturated heterocycles. The summed E-state index contributed by atoms with van der Waals surface area (Å²) in [4.78, 5) is 11.2. The highest BCUT2D eigenvalue weighted by atomic mass is 35.5. The van der Waals surface area contributed by atoms with E-state index in [4.69, 9.17) is 16.3 Å². The van der Waals surface area contributed by atoms with Gasteiger partial charge in [0.1, 0.15) is 11.5 Å². The summed E-state index contributed by atoms with van der Waals surface area (Å²) in [5.74, 6) is 1.01. The van der Waals surface area contributed by atoms with Crippen LogP contribution in [0.15, 0.2) is 18.2 Å². The average molecular weight is 227 g/mol. The van der Waals surface area contributed by atoms with Gasteiger partial charge in [-0.3, -0.25) is 4.79 Å². The van der Waals surface area contributed by atoms with Crippen molar-refractivity contribution < 1.29 is 9.53 Å². The number of methoxy groups -OCH3 is 1. The molecule has 0 N–H and O–H groups in total. The van der Waals surface area contributed by atoms with Crippen molar-refractivity contribution in [3.8, 4) is 5.75 Å². The minimum absolute atomic E-state index is 0.266. The van der Waals surface area contributed by atoms with E-state index in [1.54, 1.807) is 13.2 Å². The fourth-order valence-electron chi connectivity index (χ4n) is 1.31. The predicted octanol–water partition coefficient (Wildman–Crippen LogP) is 3.26. The normalized spacial score (nSPS) is 10.1. The van der Waals surface area contributed by atoms with Gasteiger partial charge in [0.25, 0.3) is 0 Å². The number of halogens is 1. The van der Waals surface area contributed by atoms with E-state index in [0.717, 1.165) is 11.3 Å². The summed E-state index contributed by atoms with van der Waals surface area (Å²) in [6.07, 6.45) is 1.85. The van der Waals surface area contributed by atoms with Gasteiger partial charge >= 0.3 is 0 Å². The molecular weight excluding hydrogens is 212 g/mol. The van der Waals surface area contributed by atoms with E-state index >= 15 is 0 Å². The van der Waals surface area contributed by atoms with Crippen LogP contribution in [0.25, 0.3) is 0 Å². The quantitative estimate of drug-likeness (QED) is 0.771. The van der Waals surface area contributed by atoms with E-state index in [9.17, 15) is 4.79 Å². The van der Waals surface area contributed by atoms with Crippen molar-refractivity contribution in [2.75, 3.05) is 7.11 Å².